The molecule has 0 aliphatic carbocycles. The summed E-state index contributed by atoms with van der Waals surface area (Å²) in [6, 6.07) is 8.01. The van der Waals surface area contributed by atoms with Gasteiger partial charge in [-0.25, -0.2) is 0 Å². The summed E-state index contributed by atoms with van der Waals surface area (Å²) in [6.07, 6.45) is 2.05. The second-order valence-corrected chi connectivity index (χ2v) is 5.39. The van der Waals surface area contributed by atoms with E-state index in [0.29, 0.717) is 0 Å². The highest BCUT2D eigenvalue weighted by atomic mass is 79.9. The first-order chi connectivity index (χ1) is 8.81. The van der Waals surface area contributed by atoms with Gasteiger partial charge in [0.2, 0.25) is 0 Å². The number of rotatable bonds is 2. The van der Waals surface area contributed by atoms with Gasteiger partial charge in [0.25, 0.3) is 0 Å². The Balaban J connectivity index is 2.10. The molecule has 4 nitrogen and oxygen atoms in total. The minimum absolute atomic E-state index is 0.127. The summed E-state index contributed by atoms with van der Waals surface area (Å²) in [4.78, 5) is 0. The first kappa shape index (κ1) is 11.9. The third-order valence-electron chi connectivity index (χ3n) is 3.41. The zero-order valence-electron chi connectivity index (χ0n) is 9.88. The summed E-state index contributed by atoms with van der Waals surface area (Å²) in [7, 11) is 0. The third kappa shape index (κ3) is 1.87. The third-order valence-corrected chi connectivity index (χ3v) is 4.11. The van der Waals surface area contributed by atoms with E-state index >= 15 is 0 Å². The number of benzene rings is 1. The van der Waals surface area contributed by atoms with Crippen LogP contribution in [-0.4, -0.2) is 26.5 Å². The van der Waals surface area contributed by atoms with E-state index in [0.717, 1.165) is 41.1 Å². The van der Waals surface area contributed by atoms with Gasteiger partial charge in [0.1, 0.15) is 5.82 Å². The van der Waals surface area contributed by atoms with E-state index < -0.39 is 0 Å². The molecule has 0 fully saturated rings. The highest BCUT2D eigenvalue weighted by Gasteiger charge is 2.25. The lowest BCUT2D eigenvalue weighted by Gasteiger charge is -2.22. The Labute approximate surface area is 114 Å². The van der Waals surface area contributed by atoms with E-state index in [-0.39, 0.29) is 12.5 Å². The molecule has 1 unspecified atom stereocenters. The van der Waals surface area contributed by atoms with Crippen molar-refractivity contribution in [2.75, 3.05) is 6.61 Å². The Hall–Kier alpha value is -1.20. The highest BCUT2D eigenvalue weighted by molar-refractivity contribution is 9.10. The minimum atomic E-state index is 0.127. The number of nitrogens with zero attached hydrogens (tertiary/aromatic N) is 3. The monoisotopic (exact) mass is 307 g/mol. The van der Waals surface area contributed by atoms with Crippen molar-refractivity contribution in [2.24, 2.45) is 0 Å². The van der Waals surface area contributed by atoms with Gasteiger partial charge in [-0.15, -0.1) is 10.2 Å². The molecule has 3 rings (SSSR count). The molecule has 5 heteroatoms. The lowest BCUT2D eigenvalue weighted by Crippen LogP contribution is -2.19. The molecule has 2 aromatic rings. The molecule has 1 atom stereocenters. The Morgan fingerprint density at radius 3 is 2.94 bits per heavy atom. The lowest BCUT2D eigenvalue weighted by molar-refractivity contribution is 0.238. The maximum Gasteiger partial charge on any atom is 0.165 e. The van der Waals surface area contributed by atoms with Crippen molar-refractivity contribution in [1.82, 2.24) is 14.8 Å². The van der Waals surface area contributed by atoms with Crippen molar-refractivity contribution in [3.8, 4) is 11.4 Å². The fourth-order valence-electron chi connectivity index (χ4n) is 2.48. The van der Waals surface area contributed by atoms with Gasteiger partial charge in [-0.1, -0.05) is 34.1 Å². The van der Waals surface area contributed by atoms with Crippen LogP contribution in [0.15, 0.2) is 28.7 Å². The average Bonchev–Trinajstić information content (AvgIpc) is 2.83. The van der Waals surface area contributed by atoms with Gasteiger partial charge >= 0.3 is 0 Å². The van der Waals surface area contributed by atoms with E-state index in [1.165, 1.54) is 0 Å². The lowest BCUT2D eigenvalue weighted by atomic mass is 10.00. The number of hydrogen-bond acceptors (Lipinski definition) is 3. The summed E-state index contributed by atoms with van der Waals surface area (Å²) in [5, 5.41) is 17.9. The van der Waals surface area contributed by atoms with Crippen LogP contribution in [0.4, 0.5) is 0 Å². The van der Waals surface area contributed by atoms with Crippen molar-refractivity contribution in [3.63, 3.8) is 0 Å². The standard InChI is InChI=1S/C13H14BrN3O/c14-11-6-2-1-5-10(11)13-16-15-12-9(8-18)4-3-7-17(12)13/h1-2,5-6,9,18H,3-4,7-8H2. The predicted molar refractivity (Wildman–Crippen MR) is 72.2 cm³/mol. The summed E-state index contributed by atoms with van der Waals surface area (Å²) >= 11 is 3.55. The van der Waals surface area contributed by atoms with Crippen molar-refractivity contribution in [1.29, 1.82) is 0 Å². The molecule has 1 aromatic carbocycles. The Morgan fingerprint density at radius 1 is 1.33 bits per heavy atom. The van der Waals surface area contributed by atoms with Crippen molar-refractivity contribution in [3.05, 3.63) is 34.6 Å². The maximum atomic E-state index is 9.38. The van der Waals surface area contributed by atoms with E-state index in [1.54, 1.807) is 0 Å². The fraction of sp³-hybridized carbons (Fsp3) is 0.385. The molecule has 1 aliphatic rings. The van der Waals surface area contributed by atoms with Crippen LogP contribution in [0.3, 0.4) is 0 Å². The number of aromatic nitrogens is 3. The van der Waals surface area contributed by atoms with E-state index in [1.807, 2.05) is 24.3 Å². The molecule has 94 valence electrons. The van der Waals surface area contributed by atoms with Gasteiger partial charge in [-0.2, -0.15) is 0 Å². The van der Waals surface area contributed by atoms with Gasteiger partial charge in [0.15, 0.2) is 5.82 Å². The molecule has 0 saturated carbocycles. The molecule has 0 bridgehead atoms. The first-order valence-electron chi connectivity index (χ1n) is 6.10. The SMILES string of the molecule is OCC1CCCn2c(-c3ccccc3Br)nnc21. The van der Waals surface area contributed by atoms with Gasteiger partial charge < -0.3 is 9.67 Å². The van der Waals surface area contributed by atoms with Crippen LogP contribution in [0.25, 0.3) is 11.4 Å². The zero-order valence-corrected chi connectivity index (χ0v) is 11.5. The molecule has 0 saturated heterocycles. The molecule has 0 radical (unpaired) electrons. The van der Waals surface area contributed by atoms with Crippen LogP contribution in [-0.2, 0) is 6.54 Å². The Morgan fingerprint density at radius 2 is 2.17 bits per heavy atom. The maximum absolute atomic E-state index is 9.38. The smallest absolute Gasteiger partial charge is 0.165 e. The molecular weight excluding hydrogens is 294 g/mol. The molecule has 0 spiro atoms. The molecule has 18 heavy (non-hydrogen) atoms. The van der Waals surface area contributed by atoms with Gasteiger partial charge in [-0.3, -0.25) is 0 Å². The molecule has 0 amide bonds. The Bertz CT molecular complexity index is 567. The van der Waals surface area contributed by atoms with Crippen LogP contribution >= 0.6 is 15.9 Å². The van der Waals surface area contributed by atoms with E-state index in [2.05, 4.69) is 30.7 Å². The van der Waals surface area contributed by atoms with Gasteiger partial charge in [0, 0.05) is 22.5 Å². The first-order valence-corrected chi connectivity index (χ1v) is 6.89. The topological polar surface area (TPSA) is 50.9 Å². The molecule has 1 N–H and O–H groups in total. The minimum Gasteiger partial charge on any atom is -0.396 e. The van der Waals surface area contributed by atoms with Crippen molar-refractivity contribution >= 4 is 15.9 Å². The number of hydrogen-bond donors (Lipinski definition) is 1. The second kappa shape index (κ2) is 4.82. The number of halogens is 1. The van der Waals surface area contributed by atoms with Crippen LogP contribution in [0, 0.1) is 0 Å². The fourth-order valence-corrected chi connectivity index (χ4v) is 2.94. The van der Waals surface area contributed by atoms with Crippen molar-refractivity contribution < 1.29 is 5.11 Å². The number of aliphatic hydroxyl groups excluding tert-OH is 1. The summed E-state index contributed by atoms with van der Waals surface area (Å²) < 4.78 is 3.15. The summed E-state index contributed by atoms with van der Waals surface area (Å²) in [5.41, 5.74) is 1.05. The summed E-state index contributed by atoms with van der Waals surface area (Å²) in [5.74, 6) is 1.92. The molecule has 2 heterocycles. The average molecular weight is 308 g/mol. The highest BCUT2D eigenvalue weighted by Crippen LogP contribution is 2.32. The zero-order chi connectivity index (χ0) is 12.5. The normalized spacial score (nSPS) is 18.7. The Kier molecular flexibility index (Phi) is 3.18. The predicted octanol–water partition coefficient (Wildman–Crippen LogP) is 2.58. The van der Waals surface area contributed by atoms with Crippen LogP contribution in [0.2, 0.25) is 0 Å². The van der Waals surface area contributed by atoms with Gasteiger partial charge in [-0.05, 0) is 18.9 Å². The molecular formula is C13H14BrN3O. The van der Waals surface area contributed by atoms with Crippen LogP contribution < -0.4 is 0 Å². The van der Waals surface area contributed by atoms with E-state index in [4.69, 9.17) is 0 Å². The van der Waals surface area contributed by atoms with Crippen molar-refractivity contribution in [2.45, 2.75) is 25.3 Å². The second-order valence-electron chi connectivity index (χ2n) is 4.54. The number of aliphatic hydroxyl groups is 1. The quantitative estimate of drug-likeness (QED) is 0.928. The van der Waals surface area contributed by atoms with Gasteiger partial charge in [0.05, 0.1) is 6.61 Å². The largest absolute Gasteiger partial charge is 0.396 e. The molecule has 1 aromatic heterocycles. The van der Waals surface area contributed by atoms with E-state index in [9.17, 15) is 5.11 Å². The number of fused-ring (bicyclic) bond motifs is 1. The summed E-state index contributed by atoms with van der Waals surface area (Å²) in [6.45, 7) is 1.07. The van der Waals surface area contributed by atoms with Crippen LogP contribution in [0.5, 0.6) is 0 Å². The molecule has 1 aliphatic heterocycles. The van der Waals surface area contributed by atoms with Crippen LogP contribution in [0.1, 0.15) is 24.6 Å².